The Morgan fingerprint density at radius 2 is 1.88 bits per heavy atom. The summed E-state index contributed by atoms with van der Waals surface area (Å²) >= 11 is 0. The summed E-state index contributed by atoms with van der Waals surface area (Å²) in [5.74, 6) is 1.95. The molecule has 7 heteroatoms. The molecular formula is C26H27N5O2. The first-order valence-corrected chi connectivity index (χ1v) is 11.3. The highest BCUT2D eigenvalue weighted by atomic mass is 16.5. The highest BCUT2D eigenvalue weighted by Gasteiger charge is 2.35. The van der Waals surface area contributed by atoms with Crippen molar-refractivity contribution >= 4 is 17.4 Å². The van der Waals surface area contributed by atoms with Crippen molar-refractivity contribution < 1.29 is 9.53 Å². The Hall–Kier alpha value is -3.87. The largest absolute Gasteiger partial charge is 0.457 e. The molecule has 0 spiro atoms. The van der Waals surface area contributed by atoms with Crippen molar-refractivity contribution in [2.24, 2.45) is 16.6 Å². The van der Waals surface area contributed by atoms with Gasteiger partial charge >= 0.3 is 0 Å². The number of amides is 1. The number of aromatic nitrogens is 2. The highest BCUT2D eigenvalue weighted by Crippen LogP contribution is 2.40. The molecule has 168 valence electrons. The molecule has 33 heavy (non-hydrogen) atoms. The summed E-state index contributed by atoms with van der Waals surface area (Å²) in [5, 5.41) is 8.28. The molecule has 0 radical (unpaired) electrons. The van der Waals surface area contributed by atoms with Crippen LogP contribution >= 0.6 is 0 Å². The molecule has 2 aromatic carbocycles. The molecule has 1 aliphatic carbocycles. The molecule has 3 aromatic rings. The fourth-order valence-electron chi connectivity index (χ4n) is 4.80. The van der Waals surface area contributed by atoms with Gasteiger partial charge in [0.2, 0.25) is 0 Å². The maximum absolute atomic E-state index is 12.5. The van der Waals surface area contributed by atoms with E-state index < -0.39 is 5.91 Å². The average Bonchev–Trinajstić information content (AvgIpc) is 3.25. The zero-order valence-electron chi connectivity index (χ0n) is 18.6. The number of hydrogen-bond acceptors (Lipinski definition) is 5. The smallest absolute Gasteiger partial charge is 0.254 e. The fourth-order valence-corrected chi connectivity index (χ4v) is 4.80. The van der Waals surface area contributed by atoms with E-state index in [1.165, 1.54) is 0 Å². The topological polar surface area (TPSA) is 94.5 Å². The number of carbonyl (C=O) groups excluding carboxylic acids is 1. The number of fused-ring (bicyclic) bond motifs is 1. The van der Waals surface area contributed by atoms with E-state index in [4.69, 9.17) is 15.6 Å². The zero-order valence-corrected chi connectivity index (χ0v) is 18.6. The number of nitrogens with zero attached hydrogens (tertiary/aromatic N) is 3. The van der Waals surface area contributed by atoms with Gasteiger partial charge < -0.3 is 15.8 Å². The number of nitrogens with two attached hydrogens (primary N) is 1. The van der Waals surface area contributed by atoms with E-state index in [1.807, 2.05) is 66.3 Å². The molecule has 1 aliphatic heterocycles. The molecule has 0 saturated carbocycles. The molecule has 2 heterocycles. The van der Waals surface area contributed by atoms with E-state index in [0.717, 1.165) is 42.8 Å². The van der Waals surface area contributed by atoms with Crippen molar-refractivity contribution in [3.63, 3.8) is 0 Å². The van der Waals surface area contributed by atoms with E-state index in [-0.39, 0.29) is 12.0 Å². The number of allylic oxidation sites excluding steroid dienone is 2. The van der Waals surface area contributed by atoms with E-state index in [2.05, 4.69) is 22.5 Å². The SMILES string of the molecule is CN=C1C=CCCC1C1CCNc2c(C(N)=O)c(-c3ccc(Oc4ccccc4)cc3)nn21. The summed E-state index contributed by atoms with van der Waals surface area (Å²) in [4.78, 5) is 17.0. The van der Waals surface area contributed by atoms with Crippen LogP contribution in [0.25, 0.3) is 11.3 Å². The Labute approximate surface area is 193 Å². The number of carbonyl (C=O) groups is 1. The van der Waals surface area contributed by atoms with Gasteiger partial charge in [-0.2, -0.15) is 5.10 Å². The number of ether oxygens (including phenoxy) is 1. The van der Waals surface area contributed by atoms with Gasteiger partial charge in [0.05, 0.1) is 6.04 Å². The minimum atomic E-state index is -0.489. The second-order valence-electron chi connectivity index (χ2n) is 8.34. The standard InChI is InChI=1S/C26H27N5O2/c1-28-21-10-6-5-9-20(21)22-15-16-29-26-23(25(27)32)24(30-31(22)26)17-11-13-19(14-12-17)33-18-7-3-2-4-8-18/h2-4,6-8,10-14,20,22,29H,5,9,15-16H2,1H3,(H2,27,32). The van der Waals surface area contributed by atoms with Crippen LogP contribution in [0, 0.1) is 5.92 Å². The first-order chi connectivity index (χ1) is 16.2. The van der Waals surface area contributed by atoms with Gasteiger partial charge in [0.15, 0.2) is 0 Å². The van der Waals surface area contributed by atoms with Crippen molar-refractivity contribution in [1.82, 2.24) is 9.78 Å². The van der Waals surface area contributed by atoms with Gasteiger partial charge in [-0.05, 0) is 61.7 Å². The number of rotatable bonds is 5. The van der Waals surface area contributed by atoms with Crippen LogP contribution < -0.4 is 15.8 Å². The number of para-hydroxylation sites is 1. The molecule has 0 saturated heterocycles. The van der Waals surface area contributed by atoms with Crippen LogP contribution in [0.4, 0.5) is 5.82 Å². The van der Waals surface area contributed by atoms with E-state index in [9.17, 15) is 4.79 Å². The average molecular weight is 442 g/mol. The lowest BCUT2D eigenvalue weighted by molar-refractivity contribution is 0.100. The van der Waals surface area contributed by atoms with Crippen molar-refractivity contribution in [2.75, 3.05) is 18.9 Å². The third kappa shape index (κ3) is 4.02. The molecule has 1 aromatic heterocycles. The monoisotopic (exact) mass is 441 g/mol. The number of primary amides is 1. The summed E-state index contributed by atoms with van der Waals surface area (Å²) < 4.78 is 7.86. The third-order valence-corrected chi connectivity index (χ3v) is 6.35. The summed E-state index contributed by atoms with van der Waals surface area (Å²) in [6.07, 6.45) is 7.22. The van der Waals surface area contributed by atoms with Crippen LogP contribution in [-0.4, -0.2) is 35.0 Å². The van der Waals surface area contributed by atoms with Crippen LogP contribution in [0.1, 0.15) is 35.7 Å². The van der Waals surface area contributed by atoms with Crippen LogP contribution in [0.3, 0.4) is 0 Å². The molecule has 7 nitrogen and oxygen atoms in total. The van der Waals surface area contributed by atoms with Gasteiger partial charge in [-0.15, -0.1) is 0 Å². The van der Waals surface area contributed by atoms with Gasteiger partial charge in [-0.3, -0.25) is 9.79 Å². The predicted octanol–water partition coefficient (Wildman–Crippen LogP) is 4.84. The summed E-state index contributed by atoms with van der Waals surface area (Å²) in [7, 11) is 1.84. The van der Waals surface area contributed by atoms with Crippen molar-refractivity contribution in [3.8, 4) is 22.8 Å². The zero-order chi connectivity index (χ0) is 22.8. The second kappa shape index (κ2) is 8.94. The van der Waals surface area contributed by atoms with E-state index >= 15 is 0 Å². The van der Waals surface area contributed by atoms with E-state index in [1.54, 1.807) is 0 Å². The van der Waals surface area contributed by atoms with Crippen molar-refractivity contribution in [2.45, 2.75) is 25.3 Å². The molecule has 1 amide bonds. The maximum Gasteiger partial charge on any atom is 0.254 e. The van der Waals surface area contributed by atoms with Crippen LogP contribution in [-0.2, 0) is 0 Å². The van der Waals surface area contributed by atoms with Crippen molar-refractivity contribution in [3.05, 3.63) is 72.3 Å². The lowest BCUT2D eigenvalue weighted by Crippen LogP contribution is -2.34. The fraction of sp³-hybridized carbons (Fsp3) is 0.269. The van der Waals surface area contributed by atoms with Gasteiger partial charge in [-0.1, -0.05) is 24.3 Å². The van der Waals surface area contributed by atoms with Crippen LogP contribution in [0.5, 0.6) is 11.5 Å². The number of hydrogen-bond donors (Lipinski definition) is 2. The Morgan fingerprint density at radius 1 is 1.12 bits per heavy atom. The first-order valence-electron chi connectivity index (χ1n) is 11.3. The molecular weight excluding hydrogens is 414 g/mol. The Kier molecular flexibility index (Phi) is 5.69. The Balaban J connectivity index is 1.51. The minimum Gasteiger partial charge on any atom is -0.457 e. The van der Waals surface area contributed by atoms with Gasteiger partial charge in [0.1, 0.15) is 28.6 Å². The normalized spacial score (nSPS) is 20.8. The molecule has 0 bridgehead atoms. The predicted molar refractivity (Wildman–Crippen MR) is 130 cm³/mol. The van der Waals surface area contributed by atoms with Crippen molar-refractivity contribution in [1.29, 1.82) is 0 Å². The van der Waals surface area contributed by atoms with Gasteiger partial charge in [-0.25, -0.2) is 4.68 Å². The Morgan fingerprint density at radius 3 is 2.61 bits per heavy atom. The summed E-state index contributed by atoms with van der Waals surface area (Å²) in [5.41, 5.74) is 8.76. The molecule has 0 fully saturated rings. The van der Waals surface area contributed by atoms with Gasteiger partial charge in [0, 0.05) is 30.8 Å². The summed E-state index contributed by atoms with van der Waals surface area (Å²) in [6.45, 7) is 0.761. The Bertz CT molecular complexity index is 1210. The summed E-state index contributed by atoms with van der Waals surface area (Å²) in [6, 6.07) is 17.3. The molecule has 2 unspecified atom stereocenters. The molecule has 5 rings (SSSR count). The molecule has 2 aliphatic rings. The van der Waals surface area contributed by atoms with Gasteiger partial charge in [0.25, 0.3) is 5.91 Å². The second-order valence-corrected chi connectivity index (χ2v) is 8.34. The van der Waals surface area contributed by atoms with E-state index in [0.29, 0.717) is 22.8 Å². The molecule has 3 N–H and O–H groups in total. The number of nitrogens with one attached hydrogen (secondary N) is 1. The third-order valence-electron chi connectivity index (χ3n) is 6.35. The lowest BCUT2D eigenvalue weighted by Gasteiger charge is -2.33. The first kappa shape index (κ1) is 21.0. The maximum atomic E-state index is 12.5. The number of benzene rings is 2. The number of aliphatic imine (C=N–C) groups is 1. The minimum absolute atomic E-state index is 0.123. The van der Waals surface area contributed by atoms with Crippen LogP contribution in [0.2, 0.25) is 0 Å². The number of anilines is 1. The highest BCUT2D eigenvalue weighted by molar-refractivity contribution is 6.04. The quantitative estimate of drug-likeness (QED) is 0.593. The van der Waals surface area contributed by atoms with Crippen LogP contribution in [0.15, 0.2) is 71.7 Å². The lowest BCUT2D eigenvalue weighted by atomic mass is 9.84. The molecule has 2 atom stereocenters.